The minimum Gasteiger partial charge on any atom is -0.325 e. The Morgan fingerprint density at radius 3 is 2.85 bits per heavy atom. The summed E-state index contributed by atoms with van der Waals surface area (Å²) in [6, 6.07) is 8.01. The molecule has 66 valence electrons. The number of hydrogen-bond acceptors (Lipinski definition) is 1. The van der Waals surface area contributed by atoms with Crippen molar-refractivity contribution in [2.24, 2.45) is 5.92 Å². The van der Waals surface area contributed by atoms with Crippen LogP contribution in [0.5, 0.6) is 0 Å². The Balaban J connectivity index is 2.22. The molecule has 1 aliphatic heterocycles. The summed E-state index contributed by atoms with van der Waals surface area (Å²) in [5.41, 5.74) is 2.06. The molecule has 0 saturated heterocycles. The monoisotopic (exact) mass is 173 g/mol. The number of carbonyl (C=O) groups excluding carboxylic acids is 1. The highest BCUT2D eigenvalue weighted by atomic mass is 16.2. The number of carbonyl (C=O) groups is 1. The third-order valence-corrected chi connectivity index (χ3v) is 3.37. The summed E-state index contributed by atoms with van der Waals surface area (Å²) in [6.07, 6.45) is 1.01. The maximum Gasteiger partial charge on any atom is 0.235 e. The van der Waals surface area contributed by atoms with Crippen molar-refractivity contribution < 1.29 is 4.79 Å². The molecule has 0 aromatic heterocycles. The number of fused-ring (bicyclic) bond motifs is 2. The first-order valence-electron chi connectivity index (χ1n) is 4.66. The van der Waals surface area contributed by atoms with Gasteiger partial charge in [-0.2, -0.15) is 0 Å². The third-order valence-electron chi connectivity index (χ3n) is 3.37. The van der Waals surface area contributed by atoms with Crippen LogP contribution in [0, 0.1) is 5.92 Å². The Morgan fingerprint density at radius 2 is 2.15 bits per heavy atom. The maximum atomic E-state index is 11.7. The Hall–Kier alpha value is -1.31. The number of hydrogen-bond donors (Lipinski definition) is 1. The van der Waals surface area contributed by atoms with Gasteiger partial charge in [0.1, 0.15) is 0 Å². The second kappa shape index (κ2) is 1.95. The smallest absolute Gasteiger partial charge is 0.235 e. The van der Waals surface area contributed by atoms with Gasteiger partial charge in [0, 0.05) is 5.69 Å². The summed E-state index contributed by atoms with van der Waals surface area (Å²) >= 11 is 0. The van der Waals surface area contributed by atoms with Gasteiger partial charge in [-0.05, 0) is 24.0 Å². The first-order chi connectivity index (χ1) is 6.25. The van der Waals surface area contributed by atoms with Crippen molar-refractivity contribution in [3.05, 3.63) is 29.8 Å². The van der Waals surface area contributed by atoms with Crippen LogP contribution in [0.4, 0.5) is 5.69 Å². The lowest BCUT2D eigenvalue weighted by molar-refractivity contribution is -0.118. The second-order valence-electron chi connectivity index (χ2n) is 4.08. The minimum atomic E-state index is -0.156. The molecule has 1 aromatic carbocycles. The van der Waals surface area contributed by atoms with Gasteiger partial charge in [0.15, 0.2) is 0 Å². The highest BCUT2D eigenvalue weighted by Crippen LogP contribution is 2.59. The predicted octanol–water partition coefficient (Wildman–Crippen LogP) is 1.92. The fourth-order valence-corrected chi connectivity index (χ4v) is 2.45. The van der Waals surface area contributed by atoms with Crippen LogP contribution in [-0.2, 0) is 10.2 Å². The molecule has 1 heterocycles. The molecule has 2 nitrogen and oxygen atoms in total. The lowest BCUT2D eigenvalue weighted by Gasteiger charge is -2.04. The number of nitrogens with one attached hydrogen (secondary N) is 1. The van der Waals surface area contributed by atoms with Crippen molar-refractivity contribution in [1.82, 2.24) is 0 Å². The zero-order chi connectivity index (χ0) is 9.05. The van der Waals surface area contributed by atoms with Crippen LogP contribution < -0.4 is 5.32 Å². The molecule has 0 radical (unpaired) electrons. The Kier molecular flexibility index (Phi) is 1.07. The van der Waals surface area contributed by atoms with Gasteiger partial charge in [-0.3, -0.25) is 4.79 Å². The van der Waals surface area contributed by atoms with Crippen LogP contribution in [0.1, 0.15) is 18.9 Å². The molecule has 0 bridgehead atoms. The molecule has 1 saturated carbocycles. The lowest BCUT2D eigenvalue weighted by atomic mass is 9.95. The normalized spacial score (nSPS) is 34.5. The van der Waals surface area contributed by atoms with Crippen LogP contribution in [0.15, 0.2) is 24.3 Å². The minimum absolute atomic E-state index is 0.156. The fourth-order valence-electron chi connectivity index (χ4n) is 2.45. The molecule has 3 rings (SSSR count). The molecule has 1 fully saturated rings. The van der Waals surface area contributed by atoms with Crippen LogP contribution >= 0.6 is 0 Å². The summed E-state index contributed by atoms with van der Waals surface area (Å²) in [4.78, 5) is 11.7. The first-order valence-corrected chi connectivity index (χ1v) is 4.66. The molecule has 1 aliphatic carbocycles. The number of para-hydroxylation sites is 1. The summed E-state index contributed by atoms with van der Waals surface area (Å²) in [6.45, 7) is 2.14. The Labute approximate surface area is 77.0 Å². The van der Waals surface area contributed by atoms with Gasteiger partial charge in [-0.15, -0.1) is 0 Å². The Bertz CT molecular complexity index is 399. The summed E-state index contributed by atoms with van der Waals surface area (Å²) in [5, 5.41) is 2.94. The zero-order valence-corrected chi connectivity index (χ0v) is 7.50. The summed E-state index contributed by atoms with van der Waals surface area (Å²) in [5.74, 6) is 0.706. The second-order valence-corrected chi connectivity index (χ2v) is 4.08. The van der Waals surface area contributed by atoms with E-state index in [0.29, 0.717) is 5.92 Å². The highest BCUT2D eigenvalue weighted by Gasteiger charge is 2.62. The molecule has 0 unspecified atom stereocenters. The molecule has 2 atom stereocenters. The molecule has 2 aliphatic rings. The molecular formula is C11H11NO. The summed E-state index contributed by atoms with van der Waals surface area (Å²) < 4.78 is 0. The average molecular weight is 173 g/mol. The first kappa shape index (κ1) is 7.13. The molecule has 2 heteroatoms. The molecule has 1 spiro atoms. The highest BCUT2D eigenvalue weighted by molar-refractivity contribution is 6.08. The van der Waals surface area contributed by atoms with Crippen molar-refractivity contribution in [3.8, 4) is 0 Å². The van der Waals surface area contributed by atoms with Crippen molar-refractivity contribution >= 4 is 11.6 Å². The van der Waals surface area contributed by atoms with E-state index in [1.54, 1.807) is 0 Å². The predicted molar refractivity (Wildman–Crippen MR) is 50.5 cm³/mol. The molecule has 1 N–H and O–H groups in total. The topological polar surface area (TPSA) is 29.1 Å². The van der Waals surface area contributed by atoms with Gasteiger partial charge in [0.25, 0.3) is 0 Å². The lowest BCUT2D eigenvalue weighted by Crippen LogP contribution is -2.20. The van der Waals surface area contributed by atoms with E-state index in [9.17, 15) is 4.79 Å². The third kappa shape index (κ3) is 0.671. The quantitative estimate of drug-likeness (QED) is 0.638. The van der Waals surface area contributed by atoms with Crippen molar-refractivity contribution in [3.63, 3.8) is 0 Å². The van der Waals surface area contributed by atoms with E-state index in [1.165, 1.54) is 5.56 Å². The number of anilines is 1. The van der Waals surface area contributed by atoms with E-state index in [4.69, 9.17) is 0 Å². The molecule has 13 heavy (non-hydrogen) atoms. The number of benzene rings is 1. The van der Waals surface area contributed by atoms with Crippen molar-refractivity contribution in [2.45, 2.75) is 18.8 Å². The van der Waals surface area contributed by atoms with Gasteiger partial charge in [0.2, 0.25) is 5.91 Å². The fraction of sp³-hybridized carbons (Fsp3) is 0.364. The van der Waals surface area contributed by atoms with Gasteiger partial charge in [0.05, 0.1) is 5.41 Å². The van der Waals surface area contributed by atoms with Crippen molar-refractivity contribution in [1.29, 1.82) is 0 Å². The zero-order valence-electron chi connectivity index (χ0n) is 7.50. The van der Waals surface area contributed by atoms with Gasteiger partial charge in [-0.25, -0.2) is 0 Å². The largest absolute Gasteiger partial charge is 0.325 e. The number of amides is 1. The van der Waals surface area contributed by atoms with Crippen LogP contribution in [0.3, 0.4) is 0 Å². The van der Waals surface area contributed by atoms with Gasteiger partial charge in [-0.1, -0.05) is 25.1 Å². The Morgan fingerprint density at radius 1 is 1.46 bits per heavy atom. The maximum absolute atomic E-state index is 11.7. The van der Waals surface area contributed by atoms with E-state index in [0.717, 1.165) is 12.1 Å². The van der Waals surface area contributed by atoms with Crippen LogP contribution in [0.25, 0.3) is 0 Å². The van der Waals surface area contributed by atoms with E-state index in [2.05, 4.69) is 18.3 Å². The van der Waals surface area contributed by atoms with Crippen molar-refractivity contribution in [2.75, 3.05) is 5.32 Å². The van der Waals surface area contributed by atoms with Gasteiger partial charge >= 0.3 is 0 Å². The standard InChI is InChI=1S/C11H11NO/c1-7-6-11(7)8-4-2-3-5-9(8)12-10(11)13/h2-5,7H,6H2,1H3,(H,12,13)/t7-,11-/m1/s1. The number of rotatable bonds is 0. The molecule has 1 amide bonds. The summed E-state index contributed by atoms with van der Waals surface area (Å²) in [7, 11) is 0. The van der Waals surface area contributed by atoms with E-state index in [1.807, 2.05) is 18.2 Å². The van der Waals surface area contributed by atoms with Gasteiger partial charge < -0.3 is 5.32 Å². The SMILES string of the molecule is C[C@@H]1C[C@@]12C(=O)Nc1ccccc12. The molecule has 1 aromatic rings. The van der Waals surface area contributed by atoms with E-state index < -0.39 is 0 Å². The van der Waals surface area contributed by atoms with E-state index >= 15 is 0 Å². The molecular weight excluding hydrogens is 162 g/mol. The van der Waals surface area contributed by atoms with E-state index in [-0.39, 0.29) is 11.3 Å². The average Bonchev–Trinajstić information content (AvgIpc) is 2.71. The van der Waals surface area contributed by atoms with Crippen LogP contribution in [-0.4, -0.2) is 5.91 Å². The van der Waals surface area contributed by atoms with Crippen LogP contribution in [0.2, 0.25) is 0 Å².